The Morgan fingerprint density at radius 1 is 1.25 bits per heavy atom. The van der Waals surface area contributed by atoms with Crippen molar-refractivity contribution in [2.24, 2.45) is 11.8 Å². The molecule has 1 heteroatoms. The van der Waals surface area contributed by atoms with Crippen LogP contribution in [0.5, 0.6) is 0 Å². The zero-order valence-electron chi connectivity index (χ0n) is 4.75. The van der Waals surface area contributed by atoms with Crippen LogP contribution in [-0.4, -0.2) is 5.25 Å². The molecule has 2 bridgehead atoms. The predicted molar refractivity (Wildman–Crippen MR) is 38.1 cm³/mol. The highest BCUT2D eigenvalue weighted by Gasteiger charge is 2.32. The fourth-order valence-electron chi connectivity index (χ4n) is 1.75. The van der Waals surface area contributed by atoms with Gasteiger partial charge in [0.2, 0.25) is 0 Å². The number of rotatable bonds is 0. The standard InChI is InChI=1S/C7H10S/c8-7-4-5-1-2-6(7)3-5/h1-2,5-8H,3-4H2. The molecule has 1 fully saturated rings. The highest BCUT2D eigenvalue weighted by Crippen LogP contribution is 2.41. The van der Waals surface area contributed by atoms with Gasteiger partial charge in [-0.05, 0) is 24.7 Å². The van der Waals surface area contributed by atoms with Crippen LogP contribution in [-0.2, 0) is 0 Å². The number of thiol groups is 1. The van der Waals surface area contributed by atoms with Crippen molar-refractivity contribution in [3.63, 3.8) is 0 Å². The molecule has 0 aromatic carbocycles. The monoisotopic (exact) mass is 126 g/mol. The first-order valence-corrected chi connectivity index (χ1v) is 3.74. The molecular formula is C7H10S. The SMILES string of the molecule is SC1CC2C=CC1C2. The first kappa shape index (κ1) is 4.92. The Bertz CT molecular complexity index is 128. The van der Waals surface area contributed by atoms with Crippen LogP contribution < -0.4 is 0 Å². The molecule has 1 saturated carbocycles. The van der Waals surface area contributed by atoms with E-state index in [1.165, 1.54) is 12.8 Å². The van der Waals surface area contributed by atoms with Gasteiger partial charge >= 0.3 is 0 Å². The second-order valence-corrected chi connectivity index (χ2v) is 3.51. The quantitative estimate of drug-likeness (QED) is 0.372. The third-order valence-corrected chi connectivity index (χ3v) is 2.84. The average molecular weight is 126 g/mol. The minimum absolute atomic E-state index is 0.685. The highest BCUT2D eigenvalue weighted by atomic mass is 32.1. The molecule has 0 spiro atoms. The van der Waals surface area contributed by atoms with Crippen LogP contribution in [0.15, 0.2) is 12.2 Å². The molecule has 44 valence electrons. The third kappa shape index (κ3) is 0.540. The molecule has 0 nitrogen and oxygen atoms in total. The van der Waals surface area contributed by atoms with Crippen LogP contribution in [0.3, 0.4) is 0 Å². The normalized spacial score (nSPS) is 50.9. The minimum atomic E-state index is 0.685. The van der Waals surface area contributed by atoms with E-state index < -0.39 is 0 Å². The maximum atomic E-state index is 4.45. The summed E-state index contributed by atoms with van der Waals surface area (Å²) >= 11 is 4.45. The molecule has 0 amide bonds. The zero-order valence-corrected chi connectivity index (χ0v) is 5.64. The van der Waals surface area contributed by atoms with E-state index in [4.69, 9.17) is 0 Å². The maximum absolute atomic E-state index is 4.45. The molecular weight excluding hydrogens is 116 g/mol. The molecule has 3 unspecified atom stereocenters. The van der Waals surface area contributed by atoms with E-state index in [1.807, 2.05) is 0 Å². The van der Waals surface area contributed by atoms with Gasteiger partial charge in [0.25, 0.3) is 0 Å². The molecule has 0 radical (unpaired) electrons. The van der Waals surface area contributed by atoms with Crippen LogP contribution in [0.1, 0.15) is 12.8 Å². The first-order chi connectivity index (χ1) is 3.86. The van der Waals surface area contributed by atoms with Crippen molar-refractivity contribution in [3.05, 3.63) is 12.2 Å². The summed E-state index contributed by atoms with van der Waals surface area (Å²) in [6.45, 7) is 0. The molecule has 8 heavy (non-hydrogen) atoms. The van der Waals surface area contributed by atoms with Gasteiger partial charge in [-0.1, -0.05) is 12.2 Å². The van der Waals surface area contributed by atoms with Crippen LogP contribution in [0, 0.1) is 11.8 Å². The van der Waals surface area contributed by atoms with E-state index in [0.29, 0.717) is 5.25 Å². The largest absolute Gasteiger partial charge is 0.175 e. The molecule has 0 saturated heterocycles. The molecule has 3 atom stereocenters. The van der Waals surface area contributed by atoms with Crippen molar-refractivity contribution in [2.45, 2.75) is 18.1 Å². The summed E-state index contributed by atoms with van der Waals surface area (Å²) in [6, 6.07) is 0. The first-order valence-electron chi connectivity index (χ1n) is 3.22. The molecule has 0 aliphatic heterocycles. The fourth-order valence-corrected chi connectivity index (χ4v) is 2.24. The molecule has 2 aliphatic rings. The van der Waals surface area contributed by atoms with Crippen molar-refractivity contribution < 1.29 is 0 Å². The summed E-state index contributed by atoms with van der Waals surface area (Å²) in [5.41, 5.74) is 0. The molecule has 2 rings (SSSR count). The topological polar surface area (TPSA) is 0 Å². The number of hydrogen-bond acceptors (Lipinski definition) is 1. The summed E-state index contributed by atoms with van der Waals surface area (Å²) in [5.74, 6) is 1.71. The van der Waals surface area contributed by atoms with Crippen molar-refractivity contribution >= 4 is 12.6 Å². The van der Waals surface area contributed by atoms with Gasteiger partial charge in [-0.3, -0.25) is 0 Å². The van der Waals surface area contributed by atoms with E-state index in [0.717, 1.165) is 11.8 Å². The van der Waals surface area contributed by atoms with Gasteiger partial charge in [-0.25, -0.2) is 0 Å². The van der Waals surface area contributed by atoms with Crippen LogP contribution in [0.2, 0.25) is 0 Å². The smallest absolute Gasteiger partial charge is 0.00854 e. The Morgan fingerprint density at radius 2 is 2.12 bits per heavy atom. The van der Waals surface area contributed by atoms with Crippen molar-refractivity contribution in [1.29, 1.82) is 0 Å². The summed E-state index contributed by atoms with van der Waals surface area (Å²) in [7, 11) is 0. The Morgan fingerprint density at radius 3 is 2.38 bits per heavy atom. The van der Waals surface area contributed by atoms with Gasteiger partial charge in [-0.2, -0.15) is 12.6 Å². The highest BCUT2D eigenvalue weighted by molar-refractivity contribution is 7.81. The van der Waals surface area contributed by atoms with Gasteiger partial charge in [0.15, 0.2) is 0 Å². The molecule has 0 aromatic rings. The number of fused-ring (bicyclic) bond motifs is 2. The molecule has 0 N–H and O–H groups in total. The van der Waals surface area contributed by atoms with Gasteiger partial charge in [0, 0.05) is 5.25 Å². The summed E-state index contributed by atoms with van der Waals surface area (Å²) < 4.78 is 0. The summed E-state index contributed by atoms with van der Waals surface area (Å²) in [4.78, 5) is 0. The average Bonchev–Trinajstić information content (AvgIpc) is 2.23. The lowest BCUT2D eigenvalue weighted by Crippen LogP contribution is -2.04. The Balaban J connectivity index is 2.23. The molecule has 0 heterocycles. The van der Waals surface area contributed by atoms with E-state index in [9.17, 15) is 0 Å². The number of hydrogen-bond donors (Lipinski definition) is 1. The van der Waals surface area contributed by atoms with Crippen molar-refractivity contribution in [2.75, 3.05) is 0 Å². The van der Waals surface area contributed by atoms with Gasteiger partial charge in [-0.15, -0.1) is 0 Å². The number of allylic oxidation sites excluding steroid dienone is 2. The maximum Gasteiger partial charge on any atom is 0.00854 e. The zero-order chi connectivity index (χ0) is 5.56. The lowest BCUT2D eigenvalue weighted by atomic mass is 10.1. The lowest BCUT2D eigenvalue weighted by molar-refractivity contribution is 0.692. The fraction of sp³-hybridized carbons (Fsp3) is 0.714. The Kier molecular flexibility index (Phi) is 0.944. The van der Waals surface area contributed by atoms with Crippen LogP contribution >= 0.6 is 12.6 Å². The van der Waals surface area contributed by atoms with Gasteiger partial charge in [0.1, 0.15) is 0 Å². The second kappa shape index (κ2) is 1.53. The van der Waals surface area contributed by atoms with Crippen molar-refractivity contribution in [1.82, 2.24) is 0 Å². The predicted octanol–water partition coefficient (Wildman–Crippen LogP) is 1.88. The van der Waals surface area contributed by atoms with Crippen molar-refractivity contribution in [3.8, 4) is 0 Å². The van der Waals surface area contributed by atoms with E-state index in [-0.39, 0.29) is 0 Å². The van der Waals surface area contributed by atoms with Crippen LogP contribution in [0.4, 0.5) is 0 Å². The van der Waals surface area contributed by atoms with Gasteiger partial charge in [0.05, 0.1) is 0 Å². The lowest BCUT2D eigenvalue weighted by Gasteiger charge is -2.08. The van der Waals surface area contributed by atoms with E-state index >= 15 is 0 Å². The summed E-state index contributed by atoms with van der Waals surface area (Å²) in [6.07, 6.45) is 7.38. The third-order valence-electron chi connectivity index (χ3n) is 2.24. The second-order valence-electron chi connectivity index (χ2n) is 2.85. The van der Waals surface area contributed by atoms with Gasteiger partial charge < -0.3 is 0 Å². The van der Waals surface area contributed by atoms with Crippen LogP contribution in [0.25, 0.3) is 0 Å². The molecule has 2 aliphatic carbocycles. The van der Waals surface area contributed by atoms with E-state index in [1.54, 1.807) is 0 Å². The Labute approximate surface area is 55.4 Å². The minimum Gasteiger partial charge on any atom is -0.175 e. The molecule has 0 aromatic heterocycles. The van der Waals surface area contributed by atoms with E-state index in [2.05, 4.69) is 24.8 Å². The summed E-state index contributed by atoms with van der Waals surface area (Å²) in [5, 5.41) is 0.685. The Hall–Kier alpha value is 0.0900.